The lowest BCUT2D eigenvalue weighted by Crippen LogP contribution is -2.19. The van der Waals surface area contributed by atoms with E-state index in [4.69, 9.17) is 14.8 Å². The fraction of sp³-hybridized carbons (Fsp3) is 0.100. The van der Waals surface area contributed by atoms with Gasteiger partial charge in [0.25, 0.3) is 0 Å². The van der Waals surface area contributed by atoms with Crippen molar-refractivity contribution in [3.05, 3.63) is 34.3 Å². The third kappa shape index (κ3) is 1.54. The van der Waals surface area contributed by atoms with E-state index in [1.165, 1.54) is 18.2 Å². The number of carboxylic acids is 1. The zero-order valence-corrected chi connectivity index (χ0v) is 8.01. The number of carbonyl (C=O) groups is 1. The summed E-state index contributed by atoms with van der Waals surface area (Å²) in [7, 11) is 0. The lowest BCUT2D eigenvalue weighted by molar-refractivity contribution is -0.137. The minimum Gasteiger partial charge on any atom is -0.480 e. The van der Waals surface area contributed by atoms with E-state index in [9.17, 15) is 9.59 Å². The predicted molar refractivity (Wildman–Crippen MR) is 52.8 cm³/mol. The van der Waals surface area contributed by atoms with E-state index in [1.807, 2.05) is 6.07 Å². The van der Waals surface area contributed by atoms with Gasteiger partial charge >= 0.3 is 11.7 Å². The molecule has 80 valence electrons. The summed E-state index contributed by atoms with van der Waals surface area (Å²) >= 11 is 0. The molecule has 16 heavy (non-hydrogen) atoms. The molecule has 0 atom stereocenters. The molecule has 6 nitrogen and oxygen atoms in total. The van der Waals surface area contributed by atoms with Crippen LogP contribution >= 0.6 is 0 Å². The molecule has 1 aromatic heterocycles. The Morgan fingerprint density at radius 2 is 2.31 bits per heavy atom. The molecule has 2 aromatic rings. The first-order chi connectivity index (χ1) is 7.61. The van der Waals surface area contributed by atoms with Crippen molar-refractivity contribution in [2.75, 3.05) is 0 Å². The van der Waals surface area contributed by atoms with Gasteiger partial charge in [-0.2, -0.15) is 5.26 Å². The van der Waals surface area contributed by atoms with Gasteiger partial charge in [0, 0.05) is 0 Å². The molecule has 1 aromatic carbocycles. The van der Waals surface area contributed by atoms with E-state index in [0.717, 1.165) is 4.57 Å². The number of aliphatic carboxylic acids is 1. The van der Waals surface area contributed by atoms with Gasteiger partial charge in [0.15, 0.2) is 5.58 Å². The van der Waals surface area contributed by atoms with Gasteiger partial charge in [-0.3, -0.25) is 9.36 Å². The summed E-state index contributed by atoms with van der Waals surface area (Å²) in [5.41, 5.74) is 0.920. The molecule has 0 fully saturated rings. The molecule has 0 saturated heterocycles. The third-order valence-corrected chi connectivity index (χ3v) is 2.09. The Morgan fingerprint density at radius 3 is 2.94 bits per heavy atom. The zero-order valence-electron chi connectivity index (χ0n) is 8.01. The molecule has 2 rings (SSSR count). The van der Waals surface area contributed by atoms with Crippen LogP contribution in [0.4, 0.5) is 0 Å². The second-order valence-corrected chi connectivity index (χ2v) is 3.14. The van der Waals surface area contributed by atoms with Gasteiger partial charge in [0.1, 0.15) is 6.54 Å². The lowest BCUT2D eigenvalue weighted by atomic mass is 10.2. The Labute approximate surface area is 88.9 Å². The van der Waals surface area contributed by atoms with E-state index in [-0.39, 0.29) is 5.58 Å². The second kappa shape index (κ2) is 3.55. The molecule has 0 bridgehead atoms. The Morgan fingerprint density at radius 1 is 1.56 bits per heavy atom. The van der Waals surface area contributed by atoms with E-state index < -0.39 is 18.3 Å². The number of hydrogen-bond acceptors (Lipinski definition) is 4. The maximum atomic E-state index is 11.3. The second-order valence-electron chi connectivity index (χ2n) is 3.14. The molecule has 0 saturated carbocycles. The monoisotopic (exact) mass is 218 g/mol. The van der Waals surface area contributed by atoms with E-state index in [2.05, 4.69) is 0 Å². The molecule has 0 aliphatic heterocycles. The summed E-state index contributed by atoms with van der Waals surface area (Å²) in [6.45, 7) is -0.485. The van der Waals surface area contributed by atoms with Gasteiger partial charge < -0.3 is 9.52 Å². The van der Waals surface area contributed by atoms with Crippen molar-refractivity contribution in [3.8, 4) is 6.07 Å². The normalized spacial score (nSPS) is 10.2. The maximum Gasteiger partial charge on any atom is 0.420 e. The highest BCUT2D eigenvalue weighted by molar-refractivity contribution is 5.77. The van der Waals surface area contributed by atoms with Gasteiger partial charge in [-0.25, -0.2) is 4.79 Å². The smallest absolute Gasteiger partial charge is 0.420 e. The van der Waals surface area contributed by atoms with Crippen LogP contribution in [0.3, 0.4) is 0 Å². The van der Waals surface area contributed by atoms with E-state index in [0.29, 0.717) is 11.1 Å². The van der Waals surface area contributed by atoms with Crippen LogP contribution in [0.2, 0.25) is 0 Å². The molecule has 0 amide bonds. The van der Waals surface area contributed by atoms with Crippen LogP contribution in [0, 0.1) is 11.3 Å². The van der Waals surface area contributed by atoms with Crippen LogP contribution in [0.1, 0.15) is 5.56 Å². The van der Waals surface area contributed by atoms with Gasteiger partial charge in [-0.05, 0) is 18.2 Å². The van der Waals surface area contributed by atoms with E-state index >= 15 is 0 Å². The quantitative estimate of drug-likeness (QED) is 0.793. The number of oxazole rings is 1. The van der Waals surface area contributed by atoms with Gasteiger partial charge in [0.05, 0.1) is 17.1 Å². The minimum absolute atomic E-state index is 0.269. The molecule has 0 radical (unpaired) electrons. The van der Waals surface area contributed by atoms with Crippen molar-refractivity contribution in [2.24, 2.45) is 0 Å². The molecule has 0 unspecified atom stereocenters. The number of nitrogens with zero attached hydrogens (tertiary/aromatic N) is 2. The zero-order chi connectivity index (χ0) is 11.7. The van der Waals surface area contributed by atoms with E-state index in [1.54, 1.807) is 0 Å². The van der Waals surface area contributed by atoms with Crippen molar-refractivity contribution in [1.29, 1.82) is 5.26 Å². The number of fused-ring (bicyclic) bond motifs is 1. The standard InChI is InChI=1S/C10H6N2O4/c11-4-6-1-2-8-7(3-6)12(5-9(13)14)10(15)16-8/h1-3H,5H2,(H,13,14). The van der Waals surface area contributed by atoms with Crippen LogP contribution in [-0.2, 0) is 11.3 Å². The molecule has 1 N–H and O–H groups in total. The number of aromatic nitrogens is 1. The average Bonchev–Trinajstić information content (AvgIpc) is 2.54. The van der Waals surface area contributed by atoms with Crippen molar-refractivity contribution < 1.29 is 14.3 Å². The highest BCUT2D eigenvalue weighted by atomic mass is 16.4. The highest BCUT2D eigenvalue weighted by Gasteiger charge is 2.12. The summed E-state index contributed by atoms with van der Waals surface area (Å²) in [5, 5.41) is 17.3. The number of nitriles is 1. The Kier molecular flexibility index (Phi) is 2.21. The summed E-state index contributed by atoms with van der Waals surface area (Å²) in [4.78, 5) is 21.9. The molecular weight excluding hydrogens is 212 g/mol. The molecule has 1 heterocycles. The van der Waals surface area contributed by atoms with Gasteiger partial charge in [-0.15, -0.1) is 0 Å². The van der Waals surface area contributed by atoms with Crippen LogP contribution in [0.25, 0.3) is 11.1 Å². The van der Waals surface area contributed by atoms with Gasteiger partial charge in [-0.1, -0.05) is 0 Å². The van der Waals surface area contributed by atoms with Crippen molar-refractivity contribution in [1.82, 2.24) is 4.57 Å². The van der Waals surface area contributed by atoms with Crippen molar-refractivity contribution >= 4 is 17.1 Å². The minimum atomic E-state index is -1.15. The summed E-state index contributed by atoms with van der Waals surface area (Å²) < 4.78 is 5.80. The van der Waals surface area contributed by atoms with Crippen molar-refractivity contribution in [3.63, 3.8) is 0 Å². The summed E-state index contributed by atoms with van der Waals surface area (Å²) in [6, 6.07) is 6.29. The fourth-order valence-corrected chi connectivity index (χ4v) is 1.42. The highest BCUT2D eigenvalue weighted by Crippen LogP contribution is 2.14. The Balaban J connectivity index is 2.71. The molecule has 0 spiro atoms. The maximum absolute atomic E-state index is 11.3. The van der Waals surface area contributed by atoms with Crippen LogP contribution < -0.4 is 5.76 Å². The predicted octanol–water partition coefficient (Wildman–Crippen LogP) is 0.551. The fourth-order valence-electron chi connectivity index (χ4n) is 1.42. The Bertz CT molecular complexity index is 659. The Hall–Kier alpha value is -2.55. The van der Waals surface area contributed by atoms with Crippen molar-refractivity contribution in [2.45, 2.75) is 6.54 Å². The van der Waals surface area contributed by atoms with Crippen LogP contribution in [0.15, 0.2) is 27.4 Å². The van der Waals surface area contributed by atoms with Crippen LogP contribution in [-0.4, -0.2) is 15.6 Å². The molecular formula is C10H6N2O4. The summed E-state index contributed by atoms with van der Waals surface area (Å²) in [6.07, 6.45) is 0. The lowest BCUT2D eigenvalue weighted by Gasteiger charge is -1.96. The first kappa shape index (κ1) is 9.98. The van der Waals surface area contributed by atoms with Gasteiger partial charge in [0.2, 0.25) is 0 Å². The number of rotatable bonds is 2. The SMILES string of the molecule is N#Cc1ccc2oc(=O)n(CC(=O)O)c2c1. The number of hydrogen-bond donors (Lipinski definition) is 1. The first-order valence-electron chi connectivity index (χ1n) is 4.37. The average molecular weight is 218 g/mol. The number of benzene rings is 1. The molecule has 0 aliphatic carbocycles. The largest absolute Gasteiger partial charge is 0.480 e. The third-order valence-electron chi connectivity index (χ3n) is 2.09. The summed E-state index contributed by atoms with van der Waals surface area (Å²) in [5.74, 6) is -1.89. The molecule has 0 aliphatic rings. The molecule has 6 heteroatoms. The first-order valence-corrected chi connectivity index (χ1v) is 4.37. The topological polar surface area (TPSA) is 96.2 Å². The van der Waals surface area contributed by atoms with Crippen LogP contribution in [0.5, 0.6) is 0 Å². The number of carboxylic acid groups (broad SMARTS) is 1.